The van der Waals surface area contributed by atoms with Crippen LogP contribution in [0.25, 0.3) is 0 Å². The third kappa shape index (κ3) is 4.35. The predicted octanol–water partition coefficient (Wildman–Crippen LogP) is 5.66. The Morgan fingerprint density at radius 3 is 2.29 bits per heavy atom. The van der Waals surface area contributed by atoms with Gasteiger partial charge in [-0.05, 0) is 43.7 Å². The summed E-state index contributed by atoms with van der Waals surface area (Å²) in [5.74, 6) is -0.117. The molecule has 1 saturated heterocycles. The maximum absolute atomic E-state index is 14.0. The number of halogens is 1. The highest BCUT2D eigenvalue weighted by Gasteiger charge is 2.42. The number of Topliss-reactive ketones (excluding diaryl/α,β-unsaturated/α-hetero) is 1. The number of nitrogens with zero attached hydrogens (tertiary/aromatic N) is 1. The first kappa shape index (κ1) is 22.9. The van der Waals surface area contributed by atoms with E-state index >= 15 is 0 Å². The second-order valence-electron chi connectivity index (χ2n) is 8.84. The van der Waals surface area contributed by atoms with E-state index in [9.17, 15) is 9.59 Å². The number of hydrogen-bond acceptors (Lipinski definition) is 4. The van der Waals surface area contributed by atoms with Gasteiger partial charge in [-0.15, -0.1) is 0 Å². The molecule has 2 aliphatic rings. The number of aryl methyl sites for hydroxylation is 1. The minimum Gasteiger partial charge on any atom is -0.369 e. The number of allylic oxidation sites excluding steroid dienone is 2. The molecule has 176 valence electrons. The Balaban J connectivity index is 1.66. The van der Waals surface area contributed by atoms with Crippen LogP contribution in [0.2, 0.25) is 5.02 Å². The summed E-state index contributed by atoms with van der Waals surface area (Å²) in [7, 11) is 0. The Bertz CT molecular complexity index is 1340. The number of anilines is 1. The molecule has 5 nitrogen and oxygen atoms in total. The van der Waals surface area contributed by atoms with Gasteiger partial charge in [0, 0.05) is 46.6 Å². The van der Waals surface area contributed by atoms with Crippen molar-refractivity contribution in [3.8, 4) is 0 Å². The summed E-state index contributed by atoms with van der Waals surface area (Å²) < 4.78 is 0. The van der Waals surface area contributed by atoms with Crippen LogP contribution in [0.15, 0.2) is 102 Å². The second-order valence-corrected chi connectivity index (χ2v) is 9.28. The third-order valence-electron chi connectivity index (χ3n) is 6.56. The average molecular weight is 484 g/mol. The first-order valence-corrected chi connectivity index (χ1v) is 12.0. The van der Waals surface area contributed by atoms with Gasteiger partial charge in [-0.1, -0.05) is 71.8 Å². The first-order valence-electron chi connectivity index (χ1n) is 11.6. The van der Waals surface area contributed by atoms with Crippen LogP contribution >= 0.6 is 11.6 Å². The molecule has 3 aromatic rings. The number of carbonyl (C=O) groups excluding carboxylic acids is 2. The Morgan fingerprint density at radius 2 is 1.60 bits per heavy atom. The van der Waals surface area contributed by atoms with Crippen LogP contribution in [0.5, 0.6) is 0 Å². The van der Waals surface area contributed by atoms with Crippen molar-refractivity contribution in [3.05, 3.63) is 123 Å². The van der Waals surface area contributed by atoms with Gasteiger partial charge in [0.05, 0.1) is 5.57 Å². The number of fused-ring (bicyclic) bond motifs is 1. The van der Waals surface area contributed by atoms with Gasteiger partial charge < -0.3 is 15.5 Å². The lowest BCUT2D eigenvalue weighted by Crippen LogP contribution is -2.36. The Morgan fingerprint density at radius 1 is 0.914 bits per heavy atom. The van der Waals surface area contributed by atoms with Gasteiger partial charge in [-0.2, -0.15) is 0 Å². The van der Waals surface area contributed by atoms with E-state index in [4.69, 9.17) is 11.6 Å². The molecule has 2 heterocycles. The van der Waals surface area contributed by atoms with Crippen molar-refractivity contribution in [2.45, 2.75) is 19.8 Å². The number of hydrogen-bond donors (Lipinski definition) is 2. The topological polar surface area (TPSA) is 61.4 Å². The van der Waals surface area contributed by atoms with Crippen molar-refractivity contribution < 1.29 is 9.59 Å². The normalized spacial score (nSPS) is 17.2. The molecule has 0 bridgehead atoms. The van der Waals surface area contributed by atoms with Crippen molar-refractivity contribution in [3.63, 3.8) is 0 Å². The predicted molar refractivity (Wildman–Crippen MR) is 139 cm³/mol. The van der Waals surface area contributed by atoms with Gasteiger partial charge in [-0.25, -0.2) is 0 Å². The Hall–Kier alpha value is -3.83. The van der Waals surface area contributed by atoms with Crippen molar-refractivity contribution >= 4 is 29.0 Å². The molecule has 6 heteroatoms. The third-order valence-corrected chi connectivity index (χ3v) is 6.81. The zero-order valence-corrected chi connectivity index (χ0v) is 20.4. The molecule has 0 saturated carbocycles. The van der Waals surface area contributed by atoms with E-state index < -0.39 is 5.92 Å². The van der Waals surface area contributed by atoms with E-state index in [1.165, 1.54) is 0 Å². The number of ketones is 1. The highest BCUT2D eigenvalue weighted by molar-refractivity contribution is 6.30. The summed E-state index contributed by atoms with van der Waals surface area (Å²) in [6, 6.07) is 24.3. The largest absolute Gasteiger partial charge is 0.369 e. The first-order chi connectivity index (χ1) is 16.9. The number of carbonyl (C=O) groups is 2. The monoisotopic (exact) mass is 483 g/mol. The Kier molecular flexibility index (Phi) is 6.18. The molecular weight excluding hydrogens is 458 g/mol. The van der Waals surface area contributed by atoms with Crippen molar-refractivity contribution in [1.29, 1.82) is 0 Å². The van der Waals surface area contributed by atoms with E-state index in [2.05, 4.69) is 10.6 Å². The highest BCUT2D eigenvalue weighted by Crippen LogP contribution is 2.44. The van der Waals surface area contributed by atoms with Crippen LogP contribution in [0, 0.1) is 6.92 Å². The lowest BCUT2D eigenvalue weighted by molar-refractivity contribution is -0.113. The minimum atomic E-state index is -0.553. The molecular formula is C29H26ClN3O2. The summed E-state index contributed by atoms with van der Waals surface area (Å²) in [5, 5.41) is 7.06. The SMILES string of the molecule is CC1=C(C(=O)Nc2ccc(C)cc2)C(c2ccc(Cl)cc2)C(C(=O)c2ccccc2)=C2NCCN12. The van der Waals surface area contributed by atoms with E-state index in [0.717, 1.165) is 22.6 Å². The van der Waals surface area contributed by atoms with Crippen LogP contribution < -0.4 is 10.6 Å². The molecule has 2 aliphatic heterocycles. The maximum Gasteiger partial charge on any atom is 0.254 e. The fraction of sp³-hybridized carbons (Fsp3) is 0.172. The summed E-state index contributed by atoms with van der Waals surface area (Å²) in [4.78, 5) is 29.8. The molecule has 0 aromatic heterocycles. The van der Waals surface area contributed by atoms with Crippen LogP contribution in [0.1, 0.15) is 34.3 Å². The fourth-order valence-electron chi connectivity index (χ4n) is 4.81. The molecule has 3 aromatic carbocycles. The van der Waals surface area contributed by atoms with E-state index in [1.807, 2.05) is 85.5 Å². The summed E-state index contributed by atoms with van der Waals surface area (Å²) in [6.07, 6.45) is 0. The van der Waals surface area contributed by atoms with Crippen LogP contribution in [0.4, 0.5) is 5.69 Å². The molecule has 1 atom stereocenters. The van der Waals surface area contributed by atoms with Crippen LogP contribution in [-0.4, -0.2) is 29.7 Å². The van der Waals surface area contributed by atoms with E-state index in [0.29, 0.717) is 40.5 Å². The van der Waals surface area contributed by atoms with Gasteiger partial charge in [0.1, 0.15) is 5.82 Å². The lowest BCUT2D eigenvalue weighted by atomic mass is 9.77. The molecule has 1 unspecified atom stereocenters. The molecule has 2 N–H and O–H groups in total. The van der Waals surface area contributed by atoms with E-state index in [-0.39, 0.29) is 11.7 Å². The second kappa shape index (κ2) is 9.43. The van der Waals surface area contributed by atoms with Crippen molar-refractivity contribution in [1.82, 2.24) is 10.2 Å². The number of benzene rings is 3. The van der Waals surface area contributed by atoms with Gasteiger partial charge in [0.2, 0.25) is 0 Å². The molecule has 1 amide bonds. The summed E-state index contributed by atoms with van der Waals surface area (Å²) in [5.41, 5.74) is 5.19. The summed E-state index contributed by atoms with van der Waals surface area (Å²) >= 11 is 6.19. The zero-order valence-electron chi connectivity index (χ0n) is 19.6. The molecule has 5 rings (SSSR count). The van der Waals surface area contributed by atoms with Gasteiger partial charge in [0.15, 0.2) is 5.78 Å². The van der Waals surface area contributed by atoms with E-state index in [1.54, 1.807) is 12.1 Å². The average Bonchev–Trinajstić information content (AvgIpc) is 3.36. The molecule has 0 aliphatic carbocycles. The Labute approximate surface area is 210 Å². The highest BCUT2D eigenvalue weighted by atomic mass is 35.5. The number of nitrogens with one attached hydrogen (secondary N) is 2. The molecule has 0 radical (unpaired) electrons. The molecule has 1 fully saturated rings. The standard InChI is InChI=1S/C29H26ClN3O2/c1-18-8-14-23(15-9-18)32-29(35)24-19(2)33-17-16-31-28(33)26(27(34)21-6-4-3-5-7-21)25(24)20-10-12-22(30)13-11-20/h3-15,25,31H,16-17H2,1-2H3,(H,32,35). The van der Waals surface area contributed by atoms with Crippen LogP contribution in [-0.2, 0) is 4.79 Å². The van der Waals surface area contributed by atoms with Gasteiger partial charge >= 0.3 is 0 Å². The number of amides is 1. The minimum absolute atomic E-state index is 0.104. The quantitative estimate of drug-likeness (QED) is 0.460. The molecule has 35 heavy (non-hydrogen) atoms. The van der Waals surface area contributed by atoms with Crippen molar-refractivity contribution in [2.75, 3.05) is 18.4 Å². The lowest BCUT2D eigenvalue weighted by Gasteiger charge is -2.35. The van der Waals surface area contributed by atoms with Crippen molar-refractivity contribution in [2.24, 2.45) is 0 Å². The molecule has 0 spiro atoms. The fourth-order valence-corrected chi connectivity index (χ4v) is 4.93. The maximum atomic E-state index is 14.0. The van der Waals surface area contributed by atoms with Gasteiger partial charge in [-0.3, -0.25) is 9.59 Å². The van der Waals surface area contributed by atoms with Crippen LogP contribution in [0.3, 0.4) is 0 Å². The summed E-state index contributed by atoms with van der Waals surface area (Å²) in [6.45, 7) is 5.33. The zero-order chi connectivity index (χ0) is 24.5. The van der Waals surface area contributed by atoms with Gasteiger partial charge in [0.25, 0.3) is 5.91 Å². The number of rotatable bonds is 5. The smallest absolute Gasteiger partial charge is 0.254 e.